The molecule has 1 aliphatic heterocycles. The number of rotatable bonds is 5. The summed E-state index contributed by atoms with van der Waals surface area (Å²) in [6.45, 7) is 1.29. The molecule has 158 valence electrons. The molecule has 1 aliphatic rings. The molecular formula is C17H20F3N5O3S. The van der Waals surface area contributed by atoms with Crippen LogP contribution in [0.3, 0.4) is 0 Å². The van der Waals surface area contributed by atoms with E-state index in [-0.39, 0.29) is 18.0 Å². The van der Waals surface area contributed by atoms with Gasteiger partial charge in [-0.05, 0) is 36.4 Å². The molecule has 1 aromatic carbocycles. The van der Waals surface area contributed by atoms with Gasteiger partial charge in [0.15, 0.2) is 11.6 Å². The van der Waals surface area contributed by atoms with Gasteiger partial charge in [0.25, 0.3) is 0 Å². The second-order valence-electron chi connectivity index (χ2n) is 6.55. The van der Waals surface area contributed by atoms with Crippen molar-refractivity contribution in [2.24, 2.45) is 0 Å². The van der Waals surface area contributed by atoms with Gasteiger partial charge in [-0.3, -0.25) is 0 Å². The maximum absolute atomic E-state index is 12.8. The molecule has 0 spiro atoms. The van der Waals surface area contributed by atoms with Crippen LogP contribution in [0.15, 0.2) is 41.3 Å². The molecule has 2 heterocycles. The van der Waals surface area contributed by atoms with Crippen LogP contribution in [0.4, 0.5) is 24.8 Å². The van der Waals surface area contributed by atoms with Crippen molar-refractivity contribution < 1.29 is 26.3 Å². The standard InChI is InChI=1S/C17H20F3N5O3S/c1-23(2)15-7-8-16(22-21-15)24-9-11-25(12-10-24)29(26,27)14-5-3-13(4-6-14)28-17(18,19)20/h3-8H,9-12H2,1-2H3. The van der Waals surface area contributed by atoms with Crippen molar-refractivity contribution in [3.05, 3.63) is 36.4 Å². The average Bonchev–Trinajstić information content (AvgIpc) is 2.67. The lowest BCUT2D eigenvalue weighted by molar-refractivity contribution is -0.274. The predicted molar refractivity (Wildman–Crippen MR) is 100 cm³/mol. The van der Waals surface area contributed by atoms with Crippen LogP contribution in [0.1, 0.15) is 0 Å². The number of benzene rings is 1. The highest BCUT2D eigenvalue weighted by Crippen LogP contribution is 2.26. The average molecular weight is 431 g/mol. The molecule has 1 aromatic heterocycles. The van der Waals surface area contributed by atoms with E-state index in [1.54, 1.807) is 0 Å². The van der Waals surface area contributed by atoms with Crippen LogP contribution in [0, 0.1) is 0 Å². The Morgan fingerprint density at radius 1 is 0.966 bits per heavy atom. The second kappa shape index (κ2) is 8.03. The van der Waals surface area contributed by atoms with Crippen molar-refractivity contribution in [1.82, 2.24) is 14.5 Å². The molecule has 0 bridgehead atoms. The Morgan fingerprint density at radius 3 is 2.07 bits per heavy atom. The van der Waals surface area contributed by atoms with Crippen molar-refractivity contribution in [2.75, 3.05) is 50.1 Å². The predicted octanol–water partition coefficient (Wildman–Crippen LogP) is 1.95. The summed E-state index contributed by atoms with van der Waals surface area (Å²) < 4.78 is 67.3. The van der Waals surface area contributed by atoms with Gasteiger partial charge in [-0.2, -0.15) is 4.31 Å². The van der Waals surface area contributed by atoms with E-state index < -0.39 is 22.1 Å². The minimum absolute atomic E-state index is 0.0874. The van der Waals surface area contributed by atoms with Crippen LogP contribution in [0.2, 0.25) is 0 Å². The van der Waals surface area contributed by atoms with Gasteiger partial charge in [0.1, 0.15) is 5.75 Å². The third-order valence-corrected chi connectivity index (χ3v) is 6.27. The van der Waals surface area contributed by atoms with Crippen LogP contribution >= 0.6 is 0 Å². The normalized spacial score (nSPS) is 16.0. The van der Waals surface area contributed by atoms with Crippen LogP contribution in [-0.2, 0) is 10.0 Å². The first-order valence-corrected chi connectivity index (χ1v) is 10.1. The van der Waals surface area contributed by atoms with E-state index >= 15 is 0 Å². The fourth-order valence-electron chi connectivity index (χ4n) is 2.85. The highest BCUT2D eigenvalue weighted by Gasteiger charge is 2.32. The first kappa shape index (κ1) is 21.1. The Labute approximate surface area is 166 Å². The summed E-state index contributed by atoms with van der Waals surface area (Å²) in [6.07, 6.45) is -4.83. The van der Waals surface area contributed by atoms with Crippen molar-refractivity contribution in [2.45, 2.75) is 11.3 Å². The van der Waals surface area contributed by atoms with E-state index in [9.17, 15) is 21.6 Å². The molecule has 0 atom stereocenters. The summed E-state index contributed by atoms with van der Waals surface area (Å²) >= 11 is 0. The van der Waals surface area contributed by atoms with Gasteiger partial charge in [-0.25, -0.2) is 8.42 Å². The summed E-state index contributed by atoms with van der Waals surface area (Å²) in [7, 11) is -0.106. The van der Waals surface area contributed by atoms with E-state index in [1.807, 2.05) is 36.0 Å². The van der Waals surface area contributed by atoms with E-state index in [4.69, 9.17) is 0 Å². The summed E-state index contributed by atoms with van der Waals surface area (Å²) in [6, 6.07) is 7.83. The molecule has 0 amide bonds. The molecule has 1 saturated heterocycles. The van der Waals surface area contributed by atoms with Gasteiger partial charge in [-0.1, -0.05) is 0 Å². The highest BCUT2D eigenvalue weighted by atomic mass is 32.2. The van der Waals surface area contributed by atoms with Gasteiger partial charge in [-0.15, -0.1) is 23.4 Å². The van der Waals surface area contributed by atoms with Gasteiger partial charge < -0.3 is 14.5 Å². The number of alkyl halides is 3. The summed E-state index contributed by atoms with van der Waals surface area (Å²) in [5.41, 5.74) is 0. The SMILES string of the molecule is CN(C)c1ccc(N2CCN(S(=O)(=O)c3ccc(OC(F)(F)F)cc3)CC2)nn1. The van der Waals surface area contributed by atoms with Crippen LogP contribution in [0.5, 0.6) is 5.75 Å². The first-order valence-electron chi connectivity index (χ1n) is 8.68. The summed E-state index contributed by atoms with van der Waals surface area (Å²) in [5.74, 6) is 0.898. The molecule has 2 aromatic rings. The van der Waals surface area contributed by atoms with E-state index in [0.29, 0.717) is 24.7 Å². The van der Waals surface area contributed by atoms with Gasteiger partial charge in [0.05, 0.1) is 4.90 Å². The lowest BCUT2D eigenvalue weighted by atomic mass is 10.3. The topological polar surface area (TPSA) is 78.9 Å². The highest BCUT2D eigenvalue weighted by molar-refractivity contribution is 7.89. The molecule has 8 nitrogen and oxygen atoms in total. The fraction of sp³-hybridized carbons (Fsp3) is 0.412. The van der Waals surface area contributed by atoms with E-state index in [2.05, 4.69) is 14.9 Å². The monoisotopic (exact) mass is 431 g/mol. The Kier molecular flexibility index (Phi) is 5.85. The first-order chi connectivity index (χ1) is 13.6. The van der Waals surface area contributed by atoms with E-state index in [0.717, 1.165) is 24.3 Å². The van der Waals surface area contributed by atoms with Crippen LogP contribution in [-0.4, -0.2) is 69.6 Å². The third kappa shape index (κ3) is 5.07. The molecule has 0 unspecified atom stereocenters. The molecule has 3 rings (SSSR count). The fourth-order valence-corrected chi connectivity index (χ4v) is 4.27. The molecule has 0 saturated carbocycles. The molecule has 29 heavy (non-hydrogen) atoms. The quantitative estimate of drug-likeness (QED) is 0.716. The lowest BCUT2D eigenvalue weighted by Gasteiger charge is -2.34. The minimum atomic E-state index is -4.83. The van der Waals surface area contributed by atoms with Crippen molar-refractivity contribution in [3.63, 3.8) is 0 Å². The lowest BCUT2D eigenvalue weighted by Crippen LogP contribution is -2.49. The minimum Gasteiger partial charge on any atom is -0.406 e. The zero-order valence-corrected chi connectivity index (χ0v) is 16.6. The maximum Gasteiger partial charge on any atom is 0.573 e. The largest absolute Gasteiger partial charge is 0.573 e. The third-order valence-electron chi connectivity index (χ3n) is 4.35. The Hall–Kier alpha value is -2.60. The number of anilines is 2. The van der Waals surface area contributed by atoms with Gasteiger partial charge in [0, 0.05) is 40.3 Å². The van der Waals surface area contributed by atoms with Crippen LogP contribution in [0.25, 0.3) is 0 Å². The summed E-state index contributed by atoms with van der Waals surface area (Å²) in [5, 5.41) is 8.28. The zero-order chi connectivity index (χ0) is 21.2. The molecule has 0 radical (unpaired) electrons. The number of ether oxygens (including phenoxy) is 1. The smallest absolute Gasteiger partial charge is 0.406 e. The van der Waals surface area contributed by atoms with E-state index in [1.165, 1.54) is 4.31 Å². The maximum atomic E-state index is 12.8. The molecule has 1 fully saturated rings. The number of aromatic nitrogens is 2. The molecular weight excluding hydrogens is 411 g/mol. The van der Waals surface area contributed by atoms with Crippen molar-refractivity contribution in [1.29, 1.82) is 0 Å². The van der Waals surface area contributed by atoms with Gasteiger partial charge in [0.2, 0.25) is 10.0 Å². The van der Waals surface area contributed by atoms with Crippen LogP contribution < -0.4 is 14.5 Å². The molecule has 0 N–H and O–H groups in total. The van der Waals surface area contributed by atoms with Crippen molar-refractivity contribution >= 4 is 21.7 Å². The zero-order valence-electron chi connectivity index (χ0n) is 15.8. The number of halogens is 3. The number of hydrogen-bond acceptors (Lipinski definition) is 7. The van der Waals surface area contributed by atoms with Crippen molar-refractivity contribution in [3.8, 4) is 5.75 Å². The number of sulfonamides is 1. The summed E-state index contributed by atoms with van der Waals surface area (Å²) in [4.78, 5) is 3.67. The number of nitrogens with zero attached hydrogens (tertiary/aromatic N) is 5. The Bertz CT molecular complexity index is 926. The Balaban J connectivity index is 1.65. The molecule has 0 aliphatic carbocycles. The Morgan fingerprint density at radius 2 is 1.59 bits per heavy atom. The number of hydrogen-bond donors (Lipinski definition) is 0. The molecule has 12 heteroatoms. The number of piperazine rings is 1. The van der Waals surface area contributed by atoms with Gasteiger partial charge >= 0.3 is 6.36 Å². The second-order valence-corrected chi connectivity index (χ2v) is 8.49.